The van der Waals surface area contributed by atoms with Crippen LogP contribution in [-0.2, 0) is 11.3 Å². The Morgan fingerprint density at radius 1 is 1.40 bits per heavy atom. The van der Waals surface area contributed by atoms with Crippen LogP contribution < -0.4 is 0 Å². The summed E-state index contributed by atoms with van der Waals surface area (Å²) in [5, 5.41) is 9.84. The molecule has 1 fully saturated rings. The number of benzene rings is 1. The number of nitrogens with zero attached hydrogens (tertiary/aromatic N) is 1. The van der Waals surface area contributed by atoms with Gasteiger partial charge >= 0.3 is 5.97 Å². The van der Waals surface area contributed by atoms with Gasteiger partial charge in [-0.15, -0.1) is 0 Å². The maximum atomic E-state index is 11.0. The Morgan fingerprint density at radius 3 is 2.75 bits per heavy atom. The summed E-state index contributed by atoms with van der Waals surface area (Å²) in [7, 11) is 0. The second-order valence-corrected chi connectivity index (χ2v) is 6.16. The molecular weight excluding hydrogens is 274 g/mol. The molecule has 1 N–H and O–H groups in total. The molecule has 2 rings (SSSR count). The number of hydrogen-bond donors (Lipinski definition) is 1. The SMILES string of the molecule is CC(CC1CCCCN1Cc1ccc(Cl)cc1)C(=O)O. The Hall–Kier alpha value is -1.06. The average Bonchev–Trinajstić information content (AvgIpc) is 2.43. The predicted octanol–water partition coefficient (Wildman–Crippen LogP) is 3.81. The van der Waals surface area contributed by atoms with Crippen LogP contribution in [0.4, 0.5) is 0 Å². The summed E-state index contributed by atoms with van der Waals surface area (Å²) in [5.41, 5.74) is 1.24. The van der Waals surface area contributed by atoms with Crippen molar-refractivity contribution >= 4 is 17.6 Å². The van der Waals surface area contributed by atoms with Crippen molar-refractivity contribution in [2.24, 2.45) is 5.92 Å². The minimum atomic E-state index is -0.693. The zero-order valence-electron chi connectivity index (χ0n) is 11.9. The standard InChI is InChI=1S/C16H22ClNO2/c1-12(16(19)20)10-15-4-2-3-9-18(15)11-13-5-7-14(17)8-6-13/h5-8,12,15H,2-4,9-11H2,1H3,(H,19,20). The number of carboxylic acids is 1. The third-order valence-electron chi connectivity index (χ3n) is 4.10. The smallest absolute Gasteiger partial charge is 0.306 e. The van der Waals surface area contributed by atoms with E-state index in [2.05, 4.69) is 17.0 Å². The van der Waals surface area contributed by atoms with Crippen molar-refractivity contribution in [1.82, 2.24) is 4.90 Å². The lowest BCUT2D eigenvalue weighted by atomic mass is 9.93. The van der Waals surface area contributed by atoms with E-state index in [9.17, 15) is 4.79 Å². The molecule has 0 aromatic heterocycles. The lowest BCUT2D eigenvalue weighted by Crippen LogP contribution is -2.40. The van der Waals surface area contributed by atoms with Crippen LogP contribution in [0, 0.1) is 5.92 Å². The van der Waals surface area contributed by atoms with E-state index in [0.29, 0.717) is 6.04 Å². The largest absolute Gasteiger partial charge is 0.481 e. The maximum absolute atomic E-state index is 11.0. The molecule has 1 heterocycles. The fourth-order valence-electron chi connectivity index (χ4n) is 2.87. The Bertz CT molecular complexity index is 446. The van der Waals surface area contributed by atoms with Crippen LogP contribution in [0.2, 0.25) is 5.02 Å². The molecule has 4 heteroatoms. The van der Waals surface area contributed by atoms with Crippen LogP contribution in [0.3, 0.4) is 0 Å². The number of carbonyl (C=O) groups is 1. The first kappa shape index (κ1) is 15.3. The Labute approximate surface area is 125 Å². The van der Waals surface area contributed by atoms with Gasteiger partial charge in [0, 0.05) is 17.6 Å². The number of halogens is 1. The van der Waals surface area contributed by atoms with Crippen LogP contribution in [0.15, 0.2) is 24.3 Å². The zero-order valence-corrected chi connectivity index (χ0v) is 12.6. The Morgan fingerprint density at radius 2 is 2.10 bits per heavy atom. The highest BCUT2D eigenvalue weighted by Crippen LogP contribution is 2.25. The minimum absolute atomic E-state index is 0.272. The molecule has 2 atom stereocenters. The summed E-state index contributed by atoms with van der Waals surface area (Å²) in [6.45, 7) is 3.74. The molecule has 110 valence electrons. The van der Waals surface area contributed by atoms with Gasteiger partial charge < -0.3 is 5.11 Å². The summed E-state index contributed by atoms with van der Waals surface area (Å²) in [6, 6.07) is 8.31. The molecule has 0 amide bonds. The Kier molecular flexibility index (Phi) is 5.44. The van der Waals surface area contributed by atoms with Crippen molar-refractivity contribution in [2.45, 2.75) is 45.2 Å². The molecule has 20 heavy (non-hydrogen) atoms. The quantitative estimate of drug-likeness (QED) is 0.898. The second kappa shape index (κ2) is 7.09. The van der Waals surface area contributed by atoms with Crippen LogP contribution >= 0.6 is 11.6 Å². The Balaban J connectivity index is 1.99. The monoisotopic (exact) mass is 295 g/mol. The lowest BCUT2D eigenvalue weighted by molar-refractivity contribution is -0.141. The first-order valence-electron chi connectivity index (χ1n) is 7.27. The highest BCUT2D eigenvalue weighted by molar-refractivity contribution is 6.30. The molecule has 3 nitrogen and oxygen atoms in total. The molecule has 1 aromatic carbocycles. The van der Waals surface area contributed by atoms with E-state index in [0.717, 1.165) is 31.0 Å². The van der Waals surface area contributed by atoms with E-state index in [-0.39, 0.29) is 5.92 Å². The third-order valence-corrected chi connectivity index (χ3v) is 4.35. The summed E-state index contributed by atoms with van der Waals surface area (Å²) in [5.74, 6) is -0.965. The first-order valence-corrected chi connectivity index (χ1v) is 7.65. The molecule has 0 saturated carbocycles. The van der Waals surface area contributed by atoms with E-state index in [1.165, 1.54) is 18.4 Å². The van der Waals surface area contributed by atoms with Crippen molar-refractivity contribution in [3.63, 3.8) is 0 Å². The summed E-state index contributed by atoms with van der Waals surface area (Å²) >= 11 is 5.91. The van der Waals surface area contributed by atoms with Crippen LogP contribution in [0.1, 0.15) is 38.2 Å². The van der Waals surface area contributed by atoms with Gasteiger partial charge in [-0.25, -0.2) is 0 Å². The van der Waals surface area contributed by atoms with Gasteiger partial charge in [-0.1, -0.05) is 37.1 Å². The van der Waals surface area contributed by atoms with Crippen LogP contribution in [0.25, 0.3) is 0 Å². The minimum Gasteiger partial charge on any atom is -0.481 e. The van der Waals surface area contributed by atoms with Gasteiger partial charge in [0.25, 0.3) is 0 Å². The molecule has 0 aliphatic carbocycles. The highest BCUT2D eigenvalue weighted by atomic mass is 35.5. The van der Waals surface area contributed by atoms with Crippen molar-refractivity contribution < 1.29 is 9.90 Å². The van der Waals surface area contributed by atoms with Gasteiger partial charge in [0.2, 0.25) is 0 Å². The predicted molar refractivity (Wildman–Crippen MR) is 80.9 cm³/mol. The van der Waals surface area contributed by atoms with E-state index < -0.39 is 5.97 Å². The van der Waals surface area contributed by atoms with Gasteiger partial charge in [-0.3, -0.25) is 9.69 Å². The van der Waals surface area contributed by atoms with Gasteiger partial charge in [0.1, 0.15) is 0 Å². The molecular formula is C16H22ClNO2. The van der Waals surface area contributed by atoms with Crippen LogP contribution in [0.5, 0.6) is 0 Å². The van der Waals surface area contributed by atoms with E-state index in [1.54, 1.807) is 6.92 Å². The third kappa shape index (κ3) is 4.22. The summed E-state index contributed by atoms with van der Waals surface area (Å²) in [6.07, 6.45) is 4.24. The molecule has 1 saturated heterocycles. The van der Waals surface area contributed by atoms with E-state index in [1.807, 2.05) is 12.1 Å². The summed E-state index contributed by atoms with van der Waals surface area (Å²) < 4.78 is 0. The fraction of sp³-hybridized carbons (Fsp3) is 0.562. The molecule has 1 aromatic rings. The number of likely N-dealkylation sites (tertiary alicyclic amines) is 1. The van der Waals surface area contributed by atoms with Gasteiger partial charge in [-0.05, 0) is 43.5 Å². The van der Waals surface area contributed by atoms with Crippen LogP contribution in [-0.4, -0.2) is 28.6 Å². The lowest BCUT2D eigenvalue weighted by Gasteiger charge is -2.36. The van der Waals surface area contributed by atoms with Gasteiger partial charge in [0.05, 0.1) is 5.92 Å². The zero-order chi connectivity index (χ0) is 14.5. The maximum Gasteiger partial charge on any atom is 0.306 e. The van der Waals surface area contributed by atoms with E-state index in [4.69, 9.17) is 16.7 Å². The highest BCUT2D eigenvalue weighted by Gasteiger charge is 2.26. The number of piperidine rings is 1. The molecule has 0 spiro atoms. The average molecular weight is 296 g/mol. The van der Waals surface area contributed by atoms with Gasteiger partial charge in [0.15, 0.2) is 0 Å². The fourth-order valence-corrected chi connectivity index (χ4v) is 2.99. The molecule has 2 unspecified atom stereocenters. The summed E-state index contributed by atoms with van der Waals surface area (Å²) in [4.78, 5) is 13.5. The van der Waals surface area contributed by atoms with Crippen molar-refractivity contribution in [3.05, 3.63) is 34.9 Å². The van der Waals surface area contributed by atoms with Crippen molar-refractivity contribution in [3.8, 4) is 0 Å². The van der Waals surface area contributed by atoms with Gasteiger partial charge in [-0.2, -0.15) is 0 Å². The molecule has 0 bridgehead atoms. The normalized spacial score (nSPS) is 21.6. The molecule has 1 aliphatic heterocycles. The number of aliphatic carboxylic acids is 1. The number of rotatable bonds is 5. The molecule has 0 radical (unpaired) electrons. The topological polar surface area (TPSA) is 40.5 Å². The second-order valence-electron chi connectivity index (χ2n) is 5.72. The van der Waals surface area contributed by atoms with E-state index >= 15 is 0 Å². The molecule has 1 aliphatic rings. The first-order chi connectivity index (χ1) is 9.56. The number of carboxylic acid groups (broad SMARTS) is 1. The van der Waals surface area contributed by atoms with Crippen molar-refractivity contribution in [2.75, 3.05) is 6.54 Å². The van der Waals surface area contributed by atoms with Crippen molar-refractivity contribution in [1.29, 1.82) is 0 Å². The number of hydrogen-bond acceptors (Lipinski definition) is 2.